The summed E-state index contributed by atoms with van der Waals surface area (Å²) in [5.41, 5.74) is 1.82. The first-order valence-corrected chi connectivity index (χ1v) is 6.89. The summed E-state index contributed by atoms with van der Waals surface area (Å²) in [5.74, 6) is 0.579. The fourth-order valence-corrected chi connectivity index (χ4v) is 2.63. The van der Waals surface area contributed by atoms with Crippen LogP contribution in [0.3, 0.4) is 0 Å². The minimum atomic E-state index is 0.417. The Morgan fingerprint density at radius 2 is 2.19 bits per heavy atom. The molecule has 0 saturated heterocycles. The van der Waals surface area contributed by atoms with Crippen LogP contribution in [0.1, 0.15) is 44.6 Å². The van der Waals surface area contributed by atoms with E-state index in [1.807, 2.05) is 0 Å². The minimum Gasteiger partial charge on any atom is -0.311 e. The zero-order valence-corrected chi connectivity index (χ0v) is 11.7. The Bertz CT molecular complexity index is 358. The van der Waals surface area contributed by atoms with Gasteiger partial charge in [-0.1, -0.05) is 35.0 Å². The van der Waals surface area contributed by atoms with Gasteiger partial charge in [-0.3, -0.25) is 0 Å². The molecule has 0 radical (unpaired) electrons. The molecular weight excluding hydrogens is 262 g/mol. The quantitative estimate of drug-likeness (QED) is 0.877. The van der Waals surface area contributed by atoms with E-state index in [1.54, 1.807) is 0 Å². The van der Waals surface area contributed by atoms with Gasteiger partial charge in [-0.25, -0.2) is 0 Å². The first-order valence-electron chi connectivity index (χ1n) is 6.10. The average molecular weight is 282 g/mol. The molecule has 1 aliphatic rings. The molecule has 1 fully saturated rings. The van der Waals surface area contributed by atoms with Gasteiger partial charge in [0.25, 0.3) is 0 Å². The fourth-order valence-electron chi connectivity index (χ4n) is 2.21. The topological polar surface area (TPSA) is 12.0 Å². The minimum absolute atomic E-state index is 0.417. The van der Waals surface area contributed by atoms with Gasteiger partial charge in [0, 0.05) is 16.6 Å². The van der Waals surface area contributed by atoms with E-state index < -0.39 is 0 Å². The Balaban J connectivity index is 1.90. The average Bonchev–Trinajstić information content (AvgIpc) is 2.23. The lowest BCUT2D eigenvalue weighted by molar-refractivity contribution is 0.206. The van der Waals surface area contributed by atoms with Crippen LogP contribution in [-0.4, -0.2) is 12.1 Å². The predicted octanol–water partition coefficient (Wildman–Crippen LogP) is 4.08. The number of nitrogens with one attached hydrogen (secondary N) is 1. The smallest absolute Gasteiger partial charge is 0.0178 e. The van der Waals surface area contributed by atoms with Crippen LogP contribution in [0.5, 0.6) is 0 Å². The largest absolute Gasteiger partial charge is 0.311 e. The molecule has 0 bridgehead atoms. The molecule has 16 heavy (non-hydrogen) atoms. The van der Waals surface area contributed by atoms with Gasteiger partial charge in [0.2, 0.25) is 0 Å². The normalized spacial score (nSPS) is 20.2. The van der Waals surface area contributed by atoms with Crippen LogP contribution in [0.4, 0.5) is 0 Å². The lowest BCUT2D eigenvalue weighted by Crippen LogP contribution is -2.49. The van der Waals surface area contributed by atoms with Crippen LogP contribution in [0, 0.1) is 0 Å². The van der Waals surface area contributed by atoms with E-state index in [4.69, 9.17) is 0 Å². The molecular formula is C14H20BrN. The van der Waals surface area contributed by atoms with Crippen molar-refractivity contribution < 1.29 is 0 Å². The van der Waals surface area contributed by atoms with Crippen LogP contribution in [0.25, 0.3) is 0 Å². The van der Waals surface area contributed by atoms with Gasteiger partial charge in [-0.05, 0) is 49.8 Å². The molecule has 1 unspecified atom stereocenters. The van der Waals surface area contributed by atoms with Crippen molar-refractivity contribution in [2.75, 3.05) is 6.54 Å². The van der Waals surface area contributed by atoms with Gasteiger partial charge in [-0.15, -0.1) is 0 Å². The van der Waals surface area contributed by atoms with Gasteiger partial charge < -0.3 is 5.32 Å². The predicted molar refractivity (Wildman–Crippen MR) is 72.8 cm³/mol. The van der Waals surface area contributed by atoms with Crippen LogP contribution in [0.15, 0.2) is 28.7 Å². The van der Waals surface area contributed by atoms with E-state index in [0.29, 0.717) is 11.5 Å². The van der Waals surface area contributed by atoms with Gasteiger partial charge >= 0.3 is 0 Å². The van der Waals surface area contributed by atoms with Crippen molar-refractivity contribution in [2.45, 2.75) is 44.6 Å². The van der Waals surface area contributed by atoms with E-state index in [1.165, 1.54) is 29.3 Å². The summed E-state index contributed by atoms with van der Waals surface area (Å²) in [6.45, 7) is 5.70. The number of rotatable bonds is 4. The van der Waals surface area contributed by atoms with Gasteiger partial charge in [0.05, 0.1) is 0 Å². The zero-order chi connectivity index (χ0) is 11.6. The zero-order valence-electron chi connectivity index (χ0n) is 10.1. The summed E-state index contributed by atoms with van der Waals surface area (Å²) in [6, 6.07) is 8.62. The van der Waals surface area contributed by atoms with Crippen molar-refractivity contribution in [2.24, 2.45) is 0 Å². The summed E-state index contributed by atoms with van der Waals surface area (Å²) in [4.78, 5) is 0. The molecule has 0 aliphatic heterocycles. The summed E-state index contributed by atoms with van der Waals surface area (Å²) >= 11 is 3.53. The highest BCUT2D eigenvalue weighted by Gasteiger charge is 2.31. The fraction of sp³-hybridized carbons (Fsp3) is 0.571. The molecule has 1 N–H and O–H groups in total. The van der Waals surface area contributed by atoms with Crippen molar-refractivity contribution >= 4 is 15.9 Å². The molecule has 0 amide bonds. The van der Waals surface area contributed by atoms with E-state index in [-0.39, 0.29) is 0 Å². The summed E-state index contributed by atoms with van der Waals surface area (Å²) in [5, 5.41) is 3.70. The molecule has 0 aromatic heterocycles. The van der Waals surface area contributed by atoms with Crippen molar-refractivity contribution in [3.63, 3.8) is 0 Å². The van der Waals surface area contributed by atoms with E-state index in [2.05, 4.69) is 59.4 Å². The molecule has 0 heterocycles. The Morgan fingerprint density at radius 1 is 1.44 bits per heavy atom. The number of halogens is 1. The van der Waals surface area contributed by atoms with Crippen molar-refractivity contribution in [1.82, 2.24) is 5.32 Å². The summed E-state index contributed by atoms with van der Waals surface area (Å²) in [7, 11) is 0. The van der Waals surface area contributed by atoms with Crippen LogP contribution in [0.2, 0.25) is 0 Å². The Hall–Kier alpha value is -0.340. The van der Waals surface area contributed by atoms with Crippen molar-refractivity contribution in [3.8, 4) is 0 Å². The van der Waals surface area contributed by atoms with E-state index in [9.17, 15) is 0 Å². The highest BCUT2D eigenvalue weighted by Crippen LogP contribution is 2.31. The highest BCUT2D eigenvalue weighted by molar-refractivity contribution is 9.10. The van der Waals surface area contributed by atoms with Gasteiger partial charge in [0.1, 0.15) is 0 Å². The third-order valence-electron chi connectivity index (χ3n) is 3.71. The number of hydrogen-bond acceptors (Lipinski definition) is 1. The number of hydrogen-bond donors (Lipinski definition) is 1. The summed E-state index contributed by atoms with van der Waals surface area (Å²) < 4.78 is 1.17. The molecule has 1 aliphatic carbocycles. The molecule has 0 spiro atoms. The summed E-state index contributed by atoms with van der Waals surface area (Å²) in [6.07, 6.45) is 4.05. The maximum absolute atomic E-state index is 3.70. The van der Waals surface area contributed by atoms with Crippen LogP contribution < -0.4 is 5.32 Å². The second kappa shape index (κ2) is 4.89. The molecule has 1 aromatic rings. The maximum atomic E-state index is 3.70. The van der Waals surface area contributed by atoms with Crippen molar-refractivity contribution in [1.29, 1.82) is 0 Å². The molecule has 1 atom stereocenters. The second-order valence-electron chi connectivity index (χ2n) is 5.25. The van der Waals surface area contributed by atoms with Crippen LogP contribution >= 0.6 is 15.9 Å². The monoisotopic (exact) mass is 281 g/mol. The standard InChI is InChI=1S/C14H20BrN/c1-11(10-16-14(2)7-4-8-14)12-5-3-6-13(15)9-12/h3,5-6,9,11,16H,4,7-8,10H2,1-2H3. The Kier molecular flexibility index (Phi) is 3.70. The lowest BCUT2D eigenvalue weighted by Gasteiger charge is -2.40. The molecule has 88 valence electrons. The molecule has 2 heteroatoms. The van der Waals surface area contributed by atoms with Gasteiger partial charge in [-0.2, -0.15) is 0 Å². The third kappa shape index (κ3) is 2.86. The molecule has 1 aromatic carbocycles. The Morgan fingerprint density at radius 3 is 2.75 bits per heavy atom. The molecule has 1 nitrogen and oxygen atoms in total. The van der Waals surface area contributed by atoms with E-state index >= 15 is 0 Å². The highest BCUT2D eigenvalue weighted by atomic mass is 79.9. The van der Waals surface area contributed by atoms with Crippen molar-refractivity contribution in [3.05, 3.63) is 34.3 Å². The Labute approximate surface area is 107 Å². The van der Waals surface area contributed by atoms with Gasteiger partial charge in [0.15, 0.2) is 0 Å². The molecule has 2 rings (SSSR count). The third-order valence-corrected chi connectivity index (χ3v) is 4.20. The van der Waals surface area contributed by atoms with Crippen LogP contribution in [-0.2, 0) is 0 Å². The second-order valence-corrected chi connectivity index (χ2v) is 6.17. The first-order chi connectivity index (χ1) is 7.59. The SMILES string of the molecule is CC(CNC1(C)CCC1)c1cccc(Br)c1. The lowest BCUT2D eigenvalue weighted by atomic mass is 9.78. The number of benzene rings is 1. The van der Waals surface area contributed by atoms with E-state index in [0.717, 1.165) is 6.54 Å². The molecule has 1 saturated carbocycles. The first kappa shape index (κ1) is 12.1. The maximum Gasteiger partial charge on any atom is 0.0178 e.